The van der Waals surface area contributed by atoms with E-state index in [0.29, 0.717) is 11.4 Å². The second-order valence-corrected chi connectivity index (χ2v) is 8.33. The lowest BCUT2D eigenvalue weighted by Crippen LogP contribution is -2.48. The molecule has 0 atom stereocenters. The highest BCUT2D eigenvalue weighted by atomic mass is 16.4. The second kappa shape index (κ2) is 5.38. The summed E-state index contributed by atoms with van der Waals surface area (Å²) in [7, 11) is 0. The van der Waals surface area contributed by atoms with Crippen LogP contribution in [0.5, 0.6) is 5.75 Å². The van der Waals surface area contributed by atoms with E-state index in [1.54, 1.807) is 30.3 Å². The van der Waals surface area contributed by atoms with Crippen LogP contribution in [0.2, 0.25) is 0 Å². The summed E-state index contributed by atoms with van der Waals surface area (Å²) < 4.78 is 6.05. The minimum atomic E-state index is -0.308. The monoisotopic (exact) mass is 337 g/mol. The summed E-state index contributed by atoms with van der Waals surface area (Å²) in [5.74, 6) is 3.60. The Morgan fingerprint density at radius 1 is 1.00 bits per heavy atom. The zero-order chi connectivity index (χ0) is 17.0. The zero-order valence-corrected chi connectivity index (χ0v) is 14.2. The van der Waals surface area contributed by atoms with Crippen molar-refractivity contribution in [2.24, 2.45) is 17.8 Å². The fraction of sp³-hybridized carbons (Fsp3) is 0.476. The molecule has 0 aliphatic heterocycles. The highest BCUT2D eigenvalue weighted by molar-refractivity contribution is 6.03. The van der Waals surface area contributed by atoms with Crippen LogP contribution < -0.4 is 5.32 Å². The SMILES string of the molecule is O=C(Nc1ccccc1O)c1ccc(C23CC4CC(CC(C4)C2)C3)o1. The molecule has 4 aliphatic carbocycles. The van der Waals surface area contributed by atoms with Gasteiger partial charge in [0.05, 0.1) is 5.69 Å². The number of hydrogen-bond acceptors (Lipinski definition) is 3. The number of amides is 1. The molecule has 1 amide bonds. The maximum absolute atomic E-state index is 12.5. The first-order valence-corrected chi connectivity index (χ1v) is 9.31. The van der Waals surface area contributed by atoms with Crippen LogP contribution in [0.4, 0.5) is 5.69 Å². The van der Waals surface area contributed by atoms with Crippen molar-refractivity contribution in [3.05, 3.63) is 47.9 Å². The van der Waals surface area contributed by atoms with Crippen LogP contribution >= 0.6 is 0 Å². The molecule has 130 valence electrons. The van der Waals surface area contributed by atoms with E-state index in [4.69, 9.17) is 4.42 Å². The molecule has 1 aromatic heterocycles. The topological polar surface area (TPSA) is 62.5 Å². The fourth-order valence-corrected chi connectivity index (χ4v) is 5.92. The van der Waals surface area contributed by atoms with Crippen LogP contribution in [0, 0.1) is 17.8 Å². The standard InChI is InChI=1S/C21H23NO3/c23-17-4-2-1-3-16(17)22-20(24)18-5-6-19(25-18)21-10-13-7-14(11-21)9-15(8-13)12-21/h1-6,13-15,23H,7-12H2,(H,22,24). The summed E-state index contributed by atoms with van der Waals surface area (Å²) >= 11 is 0. The van der Waals surface area contributed by atoms with Gasteiger partial charge in [0, 0.05) is 5.41 Å². The Kier molecular flexibility index (Phi) is 3.24. The molecule has 0 radical (unpaired) electrons. The van der Waals surface area contributed by atoms with Crippen molar-refractivity contribution in [2.45, 2.75) is 43.9 Å². The summed E-state index contributed by atoms with van der Waals surface area (Å²) in [4.78, 5) is 12.5. The first-order valence-electron chi connectivity index (χ1n) is 9.31. The highest BCUT2D eigenvalue weighted by Gasteiger charge is 2.53. The van der Waals surface area contributed by atoms with Gasteiger partial charge in [-0.1, -0.05) is 12.1 Å². The van der Waals surface area contributed by atoms with Crippen LogP contribution in [0.1, 0.15) is 54.8 Å². The maximum atomic E-state index is 12.5. The number of phenolic OH excluding ortho intramolecular Hbond substituents is 1. The van der Waals surface area contributed by atoms with Crippen molar-refractivity contribution >= 4 is 11.6 Å². The minimum Gasteiger partial charge on any atom is -0.506 e. The predicted octanol–water partition coefficient (Wildman–Crippen LogP) is 4.71. The Balaban J connectivity index is 1.39. The average Bonchev–Trinajstić information content (AvgIpc) is 3.07. The number of benzene rings is 1. The van der Waals surface area contributed by atoms with Gasteiger partial charge in [-0.05, 0) is 80.5 Å². The molecule has 0 saturated heterocycles. The van der Waals surface area contributed by atoms with Gasteiger partial charge < -0.3 is 14.8 Å². The third kappa shape index (κ3) is 2.46. The fourth-order valence-electron chi connectivity index (χ4n) is 5.92. The van der Waals surface area contributed by atoms with Crippen molar-refractivity contribution in [1.82, 2.24) is 0 Å². The number of rotatable bonds is 3. The van der Waals surface area contributed by atoms with E-state index in [9.17, 15) is 9.90 Å². The van der Waals surface area contributed by atoms with E-state index < -0.39 is 0 Å². The molecule has 0 unspecified atom stereocenters. The van der Waals surface area contributed by atoms with Gasteiger partial charge in [0.1, 0.15) is 11.5 Å². The van der Waals surface area contributed by atoms with Crippen LogP contribution in [-0.4, -0.2) is 11.0 Å². The van der Waals surface area contributed by atoms with E-state index in [0.717, 1.165) is 23.5 Å². The number of carbonyl (C=O) groups excluding carboxylic acids is 1. The minimum absolute atomic E-state index is 0.0590. The third-order valence-electron chi connectivity index (χ3n) is 6.54. The number of carbonyl (C=O) groups is 1. The summed E-state index contributed by atoms with van der Waals surface area (Å²) in [6, 6.07) is 10.5. The molecule has 6 rings (SSSR count). The number of para-hydroxylation sites is 2. The van der Waals surface area contributed by atoms with E-state index in [-0.39, 0.29) is 17.1 Å². The van der Waals surface area contributed by atoms with E-state index in [1.165, 1.54) is 38.5 Å². The van der Waals surface area contributed by atoms with E-state index in [2.05, 4.69) is 5.32 Å². The Hall–Kier alpha value is -2.23. The molecule has 4 heteroatoms. The first kappa shape index (κ1) is 15.1. The van der Waals surface area contributed by atoms with Crippen LogP contribution in [0.25, 0.3) is 0 Å². The summed E-state index contributed by atoms with van der Waals surface area (Å²) in [6.07, 6.45) is 7.81. The normalized spacial score (nSPS) is 32.7. The number of anilines is 1. The average molecular weight is 337 g/mol. The van der Waals surface area contributed by atoms with Crippen molar-refractivity contribution in [1.29, 1.82) is 0 Å². The van der Waals surface area contributed by atoms with Gasteiger partial charge in [-0.3, -0.25) is 4.79 Å². The molecule has 2 N–H and O–H groups in total. The zero-order valence-electron chi connectivity index (χ0n) is 14.2. The van der Waals surface area contributed by atoms with Gasteiger partial charge in [0.2, 0.25) is 0 Å². The molecule has 2 aromatic rings. The van der Waals surface area contributed by atoms with Crippen molar-refractivity contribution < 1.29 is 14.3 Å². The third-order valence-corrected chi connectivity index (χ3v) is 6.54. The second-order valence-electron chi connectivity index (χ2n) is 8.33. The largest absolute Gasteiger partial charge is 0.506 e. The molecule has 1 heterocycles. The lowest BCUT2D eigenvalue weighted by atomic mass is 9.49. The molecular weight excluding hydrogens is 314 g/mol. The smallest absolute Gasteiger partial charge is 0.291 e. The molecule has 4 saturated carbocycles. The van der Waals surface area contributed by atoms with Gasteiger partial charge in [-0.2, -0.15) is 0 Å². The molecular formula is C21H23NO3. The number of aromatic hydroxyl groups is 1. The van der Waals surface area contributed by atoms with Crippen molar-refractivity contribution in [3.8, 4) is 5.75 Å². The van der Waals surface area contributed by atoms with Crippen molar-refractivity contribution in [3.63, 3.8) is 0 Å². The predicted molar refractivity (Wildman–Crippen MR) is 94.6 cm³/mol. The molecule has 25 heavy (non-hydrogen) atoms. The maximum Gasteiger partial charge on any atom is 0.291 e. The van der Waals surface area contributed by atoms with Crippen LogP contribution in [0.15, 0.2) is 40.8 Å². The Labute approximate surface area is 147 Å². The molecule has 4 bridgehead atoms. The van der Waals surface area contributed by atoms with Crippen LogP contribution in [-0.2, 0) is 5.41 Å². The highest BCUT2D eigenvalue weighted by Crippen LogP contribution is 2.60. The van der Waals surface area contributed by atoms with E-state index in [1.807, 2.05) is 6.07 Å². The lowest BCUT2D eigenvalue weighted by Gasteiger charge is -2.55. The molecule has 1 aromatic carbocycles. The van der Waals surface area contributed by atoms with E-state index >= 15 is 0 Å². The molecule has 0 spiro atoms. The molecule has 4 nitrogen and oxygen atoms in total. The van der Waals surface area contributed by atoms with Crippen molar-refractivity contribution in [2.75, 3.05) is 5.32 Å². The van der Waals surface area contributed by atoms with Crippen LogP contribution in [0.3, 0.4) is 0 Å². The summed E-state index contributed by atoms with van der Waals surface area (Å²) in [6.45, 7) is 0. The van der Waals surface area contributed by atoms with Gasteiger partial charge in [0.25, 0.3) is 5.91 Å². The molecule has 4 aliphatic rings. The Morgan fingerprint density at radius 2 is 1.64 bits per heavy atom. The quantitative estimate of drug-likeness (QED) is 0.798. The van der Waals surface area contributed by atoms with Gasteiger partial charge >= 0.3 is 0 Å². The first-order chi connectivity index (χ1) is 12.1. The number of hydrogen-bond donors (Lipinski definition) is 2. The number of nitrogens with one attached hydrogen (secondary N) is 1. The van der Waals surface area contributed by atoms with Gasteiger partial charge in [-0.25, -0.2) is 0 Å². The summed E-state index contributed by atoms with van der Waals surface area (Å²) in [5, 5.41) is 12.6. The van der Waals surface area contributed by atoms with Gasteiger partial charge in [0.15, 0.2) is 5.76 Å². The van der Waals surface area contributed by atoms with Gasteiger partial charge in [-0.15, -0.1) is 0 Å². The lowest BCUT2D eigenvalue weighted by molar-refractivity contribution is -0.0154. The number of furan rings is 1. The Bertz CT molecular complexity index is 787. The summed E-state index contributed by atoms with van der Waals surface area (Å²) in [5.41, 5.74) is 0.558. The molecule has 4 fully saturated rings. The Morgan fingerprint density at radius 3 is 2.28 bits per heavy atom. The number of phenols is 1.